The first-order chi connectivity index (χ1) is 9.53. The summed E-state index contributed by atoms with van der Waals surface area (Å²) >= 11 is 0. The monoisotopic (exact) mass is 298 g/mol. The third kappa shape index (κ3) is 3.34. The first-order valence-electron chi connectivity index (χ1n) is 5.97. The molecule has 1 aromatic heterocycles. The average Bonchev–Trinajstić information content (AvgIpc) is 2.88. The summed E-state index contributed by atoms with van der Waals surface area (Å²) in [6, 6.07) is 5.59. The molecule has 0 amide bonds. The lowest BCUT2D eigenvalue weighted by Crippen LogP contribution is -2.15. The Morgan fingerprint density at radius 1 is 1.35 bits per heavy atom. The van der Waals surface area contributed by atoms with Crippen LogP contribution < -0.4 is 10.0 Å². The number of sulfonamides is 1. The third-order valence-corrected chi connectivity index (χ3v) is 3.95. The molecule has 0 saturated carbocycles. The predicted molar refractivity (Wildman–Crippen MR) is 73.4 cm³/mol. The highest BCUT2D eigenvalue weighted by Crippen LogP contribution is 2.18. The number of hydrogen-bond donors (Lipinski definition) is 2. The third-order valence-electron chi connectivity index (χ3n) is 2.63. The van der Waals surface area contributed by atoms with Crippen molar-refractivity contribution < 1.29 is 12.8 Å². The van der Waals surface area contributed by atoms with Gasteiger partial charge in [0.05, 0.1) is 18.4 Å². The fourth-order valence-corrected chi connectivity index (χ4v) is 2.60. The molecule has 0 aliphatic rings. The maximum absolute atomic E-state index is 13.5. The van der Waals surface area contributed by atoms with Gasteiger partial charge >= 0.3 is 0 Å². The summed E-state index contributed by atoms with van der Waals surface area (Å²) in [5.74, 6) is -0.626. The van der Waals surface area contributed by atoms with E-state index in [9.17, 15) is 12.8 Å². The number of anilines is 1. The molecule has 1 heterocycles. The zero-order valence-electron chi connectivity index (χ0n) is 10.9. The van der Waals surface area contributed by atoms with Crippen LogP contribution in [0.5, 0.6) is 0 Å². The van der Waals surface area contributed by atoms with Gasteiger partial charge in [-0.1, -0.05) is 12.1 Å². The molecule has 6 nitrogen and oxygen atoms in total. The molecule has 0 radical (unpaired) electrons. The Labute approximate surface area is 116 Å². The van der Waals surface area contributed by atoms with Gasteiger partial charge in [-0.2, -0.15) is 5.10 Å². The van der Waals surface area contributed by atoms with Crippen LogP contribution in [0.1, 0.15) is 0 Å². The highest BCUT2D eigenvalue weighted by Gasteiger charge is 2.18. The highest BCUT2D eigenvalue weighted by molar-refractivity contribution is 7.92. The molecule has 108 valence electrons. The van der Waals surface area contributed by atoms with Crippen molar-refractivity contribution >= 4 is 15.7 Å². The second-order valence-corrected chi connectivity index (χ2v) is 5.81. The minimum Gasteiger partial charge on any atom is -0.318 e. The van der Waals surface area contributed by atoms with Crippen LogP contribution in [0.15, 0.2) is 41.6 Å². The zero-order chi connectivity index (χ0) is 14.6. The fraction of sp³-hybridized carbons (Fsp3) is 0.250. The molecule has 0 spiro atoms. The number of benzene rings is 1. The summed E-state index contributed by atoms with van der Waals surface area (Å²) < 4.78 is 41.3. The lowest BCUT2D eigenvalue weighted by atomic mass is 10.3. The number of aromatic nitrogens is 2. The van der Waals surface area contributed by atoms with Crippen LogP contribution in [0.2, 0.25) is 0 Å². The van der Waals surface area contributed by atoms with Gasteiger partial charge in [-0.25, -0.2) is 12.8 Å². The predicted octanol–water partition coefficient (Wildman–Crippen LogP) is 1.04. The maximum Gasteiger partial charge on any atom is 0.265 e. The van der Waals surface area contributed by atoms with Crippen LogP contribution in [0.3, 0.4) is 0 Å². The van der Waals surface area contributed by atoms with E-state index in [1.165, 1.54) is 35.3 Å². The number of nitrogens with zero attached hydrogens (tertiary/aromatic N) is 2. The summed E-state index contributed by atoms with van der Waals surface area (Å²) in [6.07, 6.45) is 2.64. The Morgan fingerprint density at radius 2 is 2.10 bits per heavy atom. The number of nitrogens with one attached hydrogen (secondary N) is 2. The van der Waals surface area contributed by atoms with Crippen molar-refractivity contribution in [1.29, 1.82) is 0 Å². The second-order valence-electron chi connectivity index (χ2n) is 4.13. The Morgan fingerprint density at radius 3 is 2.80 bits per heavy atom. The molecular weight excluding hydrogens is 283 g/mol. The van der Waals surface area contributed by atoms with Crippen LogP contribution in [0, 0.1) is 5.82 Å². The maximum atomic E-state index is 13.5. The van der Waals surface area contributed by atoms with Gasteiger partial charge in [-0.05, 0) is 19.2 Å². The Bertz CT molecular complexity index is 684. The van der Waals surface area contributed by atoms with Gasteiger partial charge in [0.1, 0.15) is 10.7 Å². The zero-order valence-corrected chi connectivity index (χ0v) is 11.7. The lowest BCUT2D eigenvalue weighted by Gasteiger charge is -2.06. The van der Waals surface area contributed by atoms with Crippen LogP contribution >= 0.6 is 0 Å². The van der Waals surface area contributed by atoms with Crippen molar-refractivity contribution in [2.75, 3.05) is 18.3 Å². The normalized spacial score (nSPS) is 11.5. The molecule has 2 rings (SSSR count). The van der Waals surface area contributed by atoms with Gasteiger partial charge in [0, 0.05) is 12.7 Å². The number of hydrogen-bond acceptors (Lipinski definition) is 4. The highest BCUT2D eigenvalue weighted by atomic mass is 32.2. The average molecular weight is 298 g/mol. The van der Waals surface area contributed by atoms with Crippen LogP contribution in [-0.4, -0.2) is 31.8 Å². The van der Waals surface area contributed by atoms with Crippen molar-refractivity contribution in [2.24, 2.45) is 0 Å². The molecule has 20 heavy (non-hydrogen) atoms. The van der Waals surface area contributed by atoms with Crippen molar-refractivity contribution in [2.45, 2.75) is 11.4 Å². The summed E-state index contributed by atoms with van der Waals surface area (Å²) in [5.41, 5.74) is -0.0875. The topological polar surface area (TPSA) is 76.0 Å². The Hall–Kier alpha value is -1.93. The first-order valence-corrected chi connectivity index (χ1v) is 7.45. The van der Waals surface area contributed by atoms with Gasteiger partial charge < -0.3 is 5.32 Å². The van der Waals surface area contributed by atoms with E-state index in [2.05, 4.69) is 15.1 Å². The number of halogens is 1. The second kappa shape index (κ2) is 6.02. The van der Waals surface area contributed by atoms with E-state index in [4.69, 9.17) is 0 Å². The van der Waals surface area contributed by atoms with Gasteiger partial charge in [-0.15, -0.1) is 0 Å². The summed E-state index contributed by atoms with van der Waals surface area (Å²) in [4.78, 5) is -0.00291. The van der Waals surface area contributed by atoms with Crippen molar-refractivity contribution in [3.05, 3.63) is 42.5 Å². The van der Waals surface area contributed by atoms with Crippen molar-refractivity contribution in [3.8, 4) is 0 Å². The molecule has 0 saturated heterocycles. The van der Waals surface area contributed by atoms with E-state index < -0.39 is 15.8 Å². The number of likely N-dealkylation sites (N-methyl/N-ethyl adjacent to an activating group) is 1. The minimum absolute atomic E-state index is 0.00291. The fourth-order valence-electron chi connectivity index (χ4n) is 1.58. The molecule has 2 aromatic rings. The van der Waals surface area contributed by atoms with Crippen molar-refractivity contribution in [1.82, 2.24) is 15.1 Å². The molecule has 0 bridgehead atoms. The van der Waals surface area contributed by atoms with Gasteiger partial charge in [0.15, 0.2) is 0 Å². The van der Waals surface area contributed by atoms with Gasteiger partial charge in [0.2, 0.25) is 0 Å². The van der Waals surface area contributed by atoms with Crippen LogP contribution in [-0.2, 0) is 16.6 Å². The van der Waals surface area contributed by atoms with Crippen LogP contribution in [0.25, 0.3) is 0 Å². The summed E-state index contributed by atoms with van der Waals surface area (Å²) in [6.45, 7) is 1.22. The molecule has 0 unspecified atom stereocenters. The standard InChI is InChI=1S/C12H15FN4O2S/c1-14-6-7-17-9-10(8-15-17)20(18,19)16-12-5-3-2-4-11(12)13/h2-5,8-9,14,16H,6-7H2,1H3. The lowest BCUT2D eigenvalue weighted by molar-refractivity contribution is 0.582. The van der Waals surface area contributed by atoms with E-state index in [0.29, 0.717) is 13.1 Å². The molecule has 0 fully saturated rings. The van der Waals surface area contributed by atoms with Crippen LogP contribution in [0.4, 0.5) is 10.1 Å². The molecule has 2 N–H and O–H groups in total. The number of para-hydroxylation sites is 1. The smallest absolute Gasteiger partial charge is 0.265 e. The number of rotatable bonds is 6. The Kier molecular flexibility index (Phi) is 4.35. The minimum atomic E-state index is -3.83. The van der Waals surface area contributed by atoms with E-state index >= 15 is 0 Å². The SMILES string of the molecule is CNCCn1cc(S(=O)(=O)Nc2ccccc2F)cn1. The molecule has 8 heteroatoms. The summed E-state index contributed by atoms with van der Waals surface area (Å²) in [7, 11) is -2.04. The van der Waals surface area contributed by atoms with Crippen molar-refractivity contribution in [3.63, 3.8) is 0 Å². The van der Waals surface area contributed by atoms with E-state index in [1.54, 1.807) is 13.1 Å². The van der Waals surface area contributed by atoms with E-state index in [0.717, 1.165) is 0 Å². The summed E-state index contributed by atoms with van der Waals surface area (Å²) in [5, 5.41) is 6.88. The molecule has 0 atom stereocenters. The molecular formula is C12H15FN4O2S. The van der Waals surface area contributed by atoms with E-state index in [-0.39, 0.29) is 10.6 Å². The van der Waals surface area contributed by atoms with Gasteiger partial charge in [-0.3, -0.25) is 9.40 Å². The molecule has 0 aliphatic carbocycles. The molecule has 1 aromatic carbocycles. The molecule has 0 aliphatic heterocycles. The quantitative estimate of drug-likeness (QED) is 0.835. The van der Waals surface area contributed by atoms with Gasteiger partial charge in [0.25, 0.3) is 10.0 Å². The Balaban J connectivity index is 2.18. The first kappa shape index (κ1) is 14.5. The largest absolute Gasteiger partial charge is 0.318 e. The van der Waals surface area contributed by atoms with E-state index in [1.807, 2.05) is 0 Å².